The zero-order chi connectivity index (χ0) is 40.1. The van der Waals surface area contributed by atoms with Crippen molar-refractivity contribution in [3.63, 3.8) is 0 Å². The van der Waals surface area contributed by atoms with Crippen LogP contribution in [0.1, 0.15) is 83.2 Å². The number of carbonyl (C=O) groups is 3. The van der Waals surface area contributed by atoms with Crippen LogP contribution in [0.3, 0.4) is 0 Å². The third-order valence-corrected chi connectivity index (χ3v) is 11.8. The number of fused-ring (bicyclic) bond motifs is 6. The van der Waals surface area contributed by atoms with Gasteiger partial charge in [-0.1, -0.05) is 52.8 Å². The Balaban J connectivity index is 1.07. The second-order valence-electron chi connectivity index (χ2n) is 16.9. The third kappa shape index (κ3) is 7.33. The van der Waals surface area contributed by atoms with Gasteiger partial charge in [0.1, 0.15) is 30.0 Å². The molecular weight excluding hydrogens is 723 g/mol. The number of aromatic amines is 2. The number of ether oxygens (including phenoxy) is 3. The summed E-state index contributed by atoms with van der Waals surface area (Å²) in [4.78, 5) is 60.1. The van der Waals surface area contributed by atoms with Crippen LogP contribution in [0.15, 0.2) is 48.7 Å². The normalized spacial score (nSPS) is 20.9. The summed E-state index contributed by atoms with van der Waals surface area (Å²) >= 11 is 0. The number of amides is 3. The number of nitrogens with zero attached hydrogens (tertiary/aromatic N) is 4. The number of carbonyl (C=O) groups excluding carboxylic acids is 3. The van der Waals surface area contributed by atoms with Gasteiger partial charge >= 0.3 is 6.09 Å². The second kappa shape index (κ2) is 15.5. The number of hydrogen-bond donors (Lipinski definition) is 3. The highest BCUT2D eigenvalue weighted by Crippen LogP contribution is 2.44. The van der Waals surface area contributed by atoms with Crippen molar-refractivity contribution < 1.29 is 28.6 Å². The molecule has 0 unspecified atom stereocenters. The number of rotatable bonds is 10. The van der Waals surface area contributed by atoms with Crippen molar-refractivity contribution >= 4 is 39.7 Å². The fraction of sp³-hybridized carbons (Fsp3) is 0.477. The first-order valence-corrected chi connectivity index (χ1v) is 20.1. The molecule has 13 nitrogen and oxygen atoms in total. The Morgan fingerprint density at radius 1 is 0.947 bits per heavy atom. The molecule has 3 N–H and O–H groups in total. The topological polar surface area (TPSA) is 155 Å². The molecule has 3 amide bonds. The van der Waals surface area contributed by atoms with Gasteiger partial charge in [-0.3, -0.25) is 9.59 Å². The zero-order valence-electron chi connectivity index (χ0n) is 33.8. The molecule has 0 radical (unpaired) electrons. The van der Waals surface area contributed by atoms with Crippen LogP contribution in [0.5, 0.6) is 5.75 Å². The van der Waals surface area contributed by atoms with E-state index in [9.17, 15) is 14.4 Å². The number of methoxy groups -OCH3 is 2. The number of aromatic nitrogens is 4. The van der Waals surface area contributed by atoms with E-state index >= 15 is 0 Å². The summed E-state index contributed by atoms with van der Waals surface area (Å²) in [6.45, 7) is 12.3. The molecule has 57 heavy (non-hydrogen) atoms. The van der Waals surface area contributed by atoms with Crippen molar-refractivity contribution in [2.24, 2.45) is 23.7 Å². The van der Waals surface area contributed by atoms with Crippen LogP contribution in [0.25, 0.3) is 44.2 Å². The molecule has 0 spiro atoms. The average Bonchev–Trinajstić information content (AvgIpc) is 4.01. The molecule has 0 aliphatic carbocycles. The molecule has 3 aliphatic heterocycles. The van der Waals surface area contributed by atoms with Gasteiger partial charge in [-0.25, -0.2) is 14.8 Å². The van der Waals surface area contributed by atoms with Gasteiger partial charge in [0.25, 0.3) is 0 Å². The molecule has 5 heterocycles. The molecule has 2 aromatic heterocycles. The van der Waals surface area contributed by atoms with Gasteiger partial charge in [-0.2, -0.15) is 0 Å². The minimum Gasteiger partial charge on any atom is -0.488 e. The van der Waals surface area contributed by atoms with Gasteiger partial charge in [0.2, 0.25) is 11.8 Å². The van der Waals surface area contributed by atoms with Gasteiger partial charge in [0.05, 0.1) is 48.7 Å². The van der Waals surface area contributed by atoms with E-state index in [0.717, 1.165) is 74.3 Å². The highest BCUT2D eigenvalue weighted by molar-refractivity contribution is 6.07. The van der Waals surface area contributed by atoms with E-state index < -0.39 is 12.1 Å². The van der Waals surface area contributed by atoms with E-state index in [1.807, 2.05) is 35.9 Å². The molecule has 8 rings (SSSR count). The predicted octanol–water partition coefficient (Wildman–Crippen LogP) is 7.54. The molecule has 0 saturated carbocycles. The van der Waals surface area contributed by atoms with Crippen LogP contribution < -0.4 is 10.1 Å². The summed E-state index contributed by atoms with van der Waals surface area (Å²) in [6, 6.07) is 13.7. The number of hydrogen-bond acceptors (Lipinski definition) is 8. The lowest BCUT2D eigenvalue weighted by atomic mass is 9.92. The summed E-state index contributed by atoms with van der Waals surface area (Å²) < 4.78 is 16.8. The monoisotopic (exact) mass is 775 g/mol. The highest BCUT2D eigenvalue weighted by atomic mass is 16.5. The molecule has 5 atom stereocenters. The van der Waals surface area contributed by atoms with Crippen molar-refractivity contribution in [1.82, 2.24) is 35.1 Å². The van der Waals surface area contributed by atoms with Gasteiger partial charge < -0.3 is 39.3 Å². The molecule has 0 bridgehead atoms. The van der Waals surface area contributed by atoms with E-state index in [2.05, 4.69) is 72.5 Å². The molecular formula is C44H53N7O6. The minimum absolute atomic E-state index is 0.0436. The number of alkyl carbamates (subject to hydrolysis) is 1. The zero-order valence-corrected chi connectivity index (χ0v) is 33.8. The van der Waals surface area contributed by atoms with E-state index in [4.69, 9.17) is 24.2 Å². The Morgan fingerprint density at radius 3 is 2.51 bits per heavy atom. The van der Waals surface area contributed by atoms with Crippen LogP contribution >= 0.6 is 0 Å². The quantitative estimate of drug-likeness (QED) is 0.132. The van der Waals surface area contributed by atoms with Crippen molar-refractivity contribution in [1.29, 1.82) is 0 Å². The molecule has 3 aliphatic rings. The molecule has 5 aromatic rings. The first-order valence-electron chi connectivity index (χ1n) is 20.1. The number of likely N-dealkylation sites (tertiary alicyclic amines) is 2. The number of nitrogens with one attached hydrogen (secondary N) is 3. The van der Waals surface area contributed by atoms with E-state index in [-0.39, 0.29) is 35.7 Å². The Morgan fingerprint density at radius 2 is 1.75 bits per heavy atom. The van der Waals surface area contributed by atoms with Gasteiger partial charge in [-0.15, -0.1) is 0 Å². The Hall–Kier alpha value is -5.43. The Bertz CT molecular complexity index is 2330. The van der Waals surface area contributed by atoms with Crippen LogP contribution in [0.2, 0.25) is 0 Å². The van der Waals surface area contributed by atoms with E-state index in [0.29, 0.717) is 50.3 Å². The van der Waals surface area contributed by atoms with Gasteiger partial charge in [-0.05, 0) is 76.9 Å². The third-order valence-electron chi connectivity index (χ3n) is 11.8. The maximum Gasteiger partial charge on any atom is 0.407 e. The van der Waals surface area contributed by atoms with Crippen molar-refractivity contribution in [3.8, 4) is 28.1 Å². The standard InChI is InChI=1S/C44H53N7O6/c1-23(2)12-38(52)50-19-25(5)13-35(50)41-45-18-34(47-41)28-8-10-30-29(15-28)22-57-37-17-31-27(16-32(30)37)9-11-33-40(31)48-42(46-33)36-14-26(21-55-6)20-51(36)43(53)39(24(3)4)49-44(54)56-7/h8-11,15-18,23-26,35-36,39H,12-14,19-22H2,1-7H3,(H,45,47)(H,46,48)(H,49,54)/t25-,26-,35-,36-,39-/m0/s1. The first kappa shape index (κ1) is 38.4. The maximum atomic E-state index is 14.0. The van der Waals surface area contributed by atoms with Crippen molar-refractivity contribution in [2.75, 3.05) is 33.9 Å². The fourth-order valence-electron chi connectivity index (χ4n) is 8.99. The second-order valence-corrected chi connectivity index (χ2v) is 16.9. The van der Waals surface area contributed by atoms with Crippen molar-refractivity contribution in [3.05, 3.63) is 65.9 Å². The molecule has 3 aromatic carbocycles. The largest absolute Gasteiger partial charge is 0.488 e. The van der Waals surface area contributed by atoms with Gasteiger partial charge in [0, 0.05) is 43.5 Å². The van der Waals surface area contributed by atoms with Crippen LogP contribution in [0, 0.1) is 23.7 Å². The maximum absolute atomic E-state index is 14.0. The fourth-order valence-corrected chi connectivity index (χ4v) is 8.99. The number of benzene rings is 3. The summed E-state index contributed by atoms with van der Waals surface area (Å²) in [5.41, 5.74) is 6.83. The number of imidazole rings is 2. The number of H-pyrrole nitrogens is 2. The SMILES string of the molecule is COC[C@H]1C[C@@H](c2nc3c(ccc4cc5c(cc43)OCc3cc(-c4cnc([C@@H]6C[C@H](C)CN6C(=O)CC(C)C)[nH]4)ccc3-5)[nH]2)N(C(=O)[C@@H](NC(=O)OC)C(C)C)C1. The highest BCUT2D eigenvalue weighted by Gasteiger charge is 2.42. The smallest absolute Gasteiger partial charge is 0.407 e. The molecule has 2 fully saturated rings. The van der Waals surface area contributed by atoms with Crippen LogP contribution in [0.4, 0.5) is 4.79 Å². The van der Waals surface area contributed by atoms with Gasteiger partial charge in [0.15, 0.2) is 0 Å². The van der Waals surface area contributed by atoms with E-state index in [1.54, 1.807) is 7.11 Å². The van der Waals surface area contributed by atoms with E-state index in [1.165, 1.54) is 7.11 Å². The Kier molecular flexibility index (Phi) is 10.4. The lowest BCUT2D eigenvalue weighted by Crippen LogP contribution is -2.51. The Labute approximate surface area is 332 Å². The molecule has 2 saturated heterocycles. The summed E-state index contributed by atoms with van der Waals surface area (Å²) in [6.07, 6.45) is 3.35. The lowest BCUT2D eigenvalue weighted by Gasteiger charge is -2.30. The lowest BCUT2D eigenvalue weighted by molar-refractivity contribution is -0.135. The predicted molar refractivity (Wildman–Crippen MR) is 217 cm³/mol. The summed E-state index contributed by atoms with van der Waals surface area (Å²) in [5, 5.41) is 4.72. The average molecular weight is 776 g/mol. The minimum atomic E-state index is -0.746. The van der Waals surface area contributed by atoms with Crippen LogP contribution in [-0.4, -0.2) is 87.6 Å². The summed E-state index contributed by atoms with van der Waals surface area (Å²) in [5.74, 6) is 3.03. The summed E-state index contributed by atoms with van der Waals surface area (Å²) in [7, 11) is 2.96. The van der Waals surface area contributed by atoms with Crippen molar-refractivity contribution in [2.45, 2.75) is 78.6 Å². The first-order chi connectivity index (χ1) is 27.4. The molecule has 13 heteroatoms. The van der Waals surface area contributed by atoms with Crippen LogP contribution in [-0.2, 0) is 25.7 Å². The molecule has 300 valence electrons.